The van der Waals surface area contributed by atoms with Crippen LogP contribution in [0.2, 0.25) is 0 Å². The van der Waals surface area contributed by atoms with E-state index in [1.54, 1.807) is 0 Å². The van der Waals surface area contributed by atoms with Crippen molar-refractivity contribution in [2.75, 3.05) is 26.2 Å². The average molecular weight is 292 g/mol. The van der Waals surface area contributed by atoms with Crippen LogP contribution >= 0.6 is 0 Å². The van der Waals surface area contributed by atoms with E-state index in [1.165, 1.54) is 12.0 Å². The molecule has 0 fully saturated rings. The van der Waals surface area contributed by atoms with Crippen molar-refractivity contribution in [2.45, 2.75) is 53.2 Å². The van der Waals surface area contributed by atoms with Gasteiger partial charge >= 0.3 is 0 Å². The molecule has 120 valence electrons. The minimum absolute atomic E-state index is 0.223. The summed E-state index contributed by atoms with van der Waals surface area (Å²) in [4.78, 5) is 2.51. The van der Waals surface area contributed by atoms with E-state index in [0.717, 1.165) is 31.9 Å². The molecule has 21 heavy (non-hydrogen) atoms. The average Bonchev–Trinajstić information content (AvgIpc) is 2.46. The lowest BCUT2D eigenvalue weighted by atomic mass is 10.1. The summed E-state index contributed by atoms with van der Waals surface area (Å²) >= 11 is 0. The smallest absolute Gasteiger partial charge is 0.119 e. The number of rotatable bonds is 10. The molecule has 0 amide bonds. The minimum atomic E-state index is 0.223. The number of likely N-dealkylation sites (N-methyl/N-ethyl adjacent to an activating group) is 2. The highest BCUT2D eigenvalue weighted by Gasteiger charge is 2.14. The molecule has 0 heterocycles. The molecule has 0 saturated carbocycles. The molecule has 0 radical (unpaired) electrons. The van der Waals surface area contributed by atoms with Gasteiger partial charge < -0.3 is 15.0 Å². The highest BCUT2D eigenvalue weighted by Crippen LogP contribution is 2.20. The van der Waals surface area contributed by atoms with Crippen LogP contribution in [0.15, 0.2) is 24.3 Å². The van der Waals surface area contributed by atoms with Crippen molar-refractivity contribution in [3.8, 4) is 5.75 Å². The Morgan fingerprint density at radius 3 is 2.24 bits per heavy atom. The van der Waals surface area contributed by atoms with E-state index < -0.39 is 0 Å². The maximum absolute atomic E-state index is 5.72. The fourth-order valence-corrected chi connectivity index (χ4v) is 2.54. The van der Waals surface area contributed by atoms with E-state index in [1.807, 2.05) is 0 Å². The molecule has 0 aliphatic carbocycles. The first-order valence-electron chi connectivity index (χ1n) is 8.33. The zero-order valence-corrected chi connectivity index (χ0v) is 14.4. The van der Waals surface area contributed by atoms with Crippen molar-refractivity contribution >= 4 is 0 Å². The van der Waals surface area contributed by atoms with Gasteiger partial charge in [0.05, 0.1) is 6.10 Å². The Morgan fingerprint density at radius 1 is 1.10 bits per heavy atom. The van der Waals surface area contributed by atoms with Crippen LogP contribution in [0.1, 0.15) is 52.6 Å². The lowest BCUT2D eigenvalue weighted by Gasteiger charge is -2.27. The van der Waals surface area contributed by atoms with Gasteiger partial charge in [-0.2, -0.15) is 0 Å². The summed E-state index contributed by atoms with van der Waals surface area (Å²) in [5, 5.41) is 3.60. The molecular weight excluding hydrogens is 260 g/mol. The summed E-state index contributed by atoms with van der Waals surface area (Å²) in [5.74, 6) is 0.949. The molecule has 0 aliphatic rings. The maximum atomic E-state index is 5.72. The zero-order chi connectivity index (χ0) is 15.7. The largest absolute Gasteiger partial charge is 0.491 e. The van der Waals surface area contributed by atoms with Crippen molar-refractivity contribution in [2.24, 2.45) is 0 Å². The van der Waals surface area contributed by atoms with E-state index in [9.17, 15) is 0 Å². The summed E-state index contributed by atoms with van der Waals surface area (Å²) in [5.41, 5.74) is 1.34. The number of ether oxygens (including phenoxy) is 1. The van der Waals surface area contributed by atoms with Crippen molar-refractivity contribution in [3.05, 3.63) is 29.8 Å². The Kier molecular flexibility index (Phi) is 8.40. The van der Waals surface area contributed by atoms with Crippen LogP contribution < -0.4 is 10.1 Å². The highest BCUT2D eigenvalue weighted by molar-refractivity contribution is 5.29. The first-order valence-corrected chi connectivity index (χ1v) is 8.33. The molecule has 0 aliphatic heterocycles. The predicted octanol–water partition coefficient (Wildman–Crippen LogP) is 3.86. The molecule has 1 aromatic carbocycles. The number of nitrogens with zero attached hydrogens (tertiary/aromatic N) is 1. The second kappa shape index (κ2) is 9.80. The van der Waals surface area contributed by atoms with Crippen LogP contribution in [0.3, 0.4) is 0 Å². The Hall–Kier alpha value is -1.06. The first kappa shape index (κ1) is 18.0. The molecule has 1 aromatic rings. The summed E-state index contributed by atoms with van der Waals surface area (Å²) in [6.07, 6.45) is 1.42. The van der Waals surface area contributed by atoms with Crippen LogP contribution in [0, 0.1) is 0 Å². The molecule has 0 spiro atoms. The normalized spacial score (nSPS) is 12.9. The van der Waals surface area contributed by atoms with Crippen molar-refractivity contribution < 1.29 is 4.74 Å². The van der Waals surface area contributed by atoms with Crippen LogP contribution in [-0.2, 0) is 0 Å². The van der Waals surface area contributed by atoms with E-state index in [0.29, 0.717) is 6.04 Å². The van der Waals surface area contributed by atoms with Gasteiger partial charge in [-0.3, -0.25) is 0 Å². The second-order valence-electron chi connectivity index (χ2n) is 5.74. The van der Waals surface area contributed by atoms with E-state index >= 15 is 0 Å². The standard InChI is InChI=1S/C18H32N2O/c1-6-13-20(8-3)14-18(19-7-2)16-9-11-17(12-10-16)21-15(4)5/h9-12,15,18-19H,6-8,13-14H2,1-5H3. The second-order valence-corrected chi connectivity index (χ2v) is 5.74. The fourth-order valence-electron chi connectivity index (χ4n) is 2.54. The Labute approximate surface area is 130 Å². The third kappa shape index (κ3) is 6.49. The topological polar surface area (TPSA) is 24.5 Å². The highest BCUT2D eigenvalue weighted by atomic mass is 16.5. The van der Waals surface area contributed by atoms with Gasteiger partial charge in [0.15, 0.2) is 0 Å². The summed E-state index contributed by atoms with van der Waals surface area (Å²) in [6, 6.07) is 8.91. The molecule has 3 heteroatoms. The van der Waals surface area contributed by atoms with Gasteiger partial charge in [0.2, 0.25) is 0 Å². The van der Waals surface area contributed by atoms with Crippen LogP contribution in [0.25, 0.3) is 0 Å². The van der Waals surface area contributed by atoms with Gasteiger partial charge in [0.25, 0.3) is 0 Å². The number of hydrogen-bond acceptors (Lipinski definition) is 3. The van der Waals surface area contributed by atoms with Gasteiger partial charge in [-0.05, 0) is 57.6 Å². The van der Waals surface area contributed by atoms with E-state index in [4.69, 9.17) is 4.74 Å². The number of benzene rings is 1. The molecule has 0 saturated heterocycles. The van der Waals surface area contributed by atoms with Gasteiger partial charge in [0.1, 0.15) is 5.75 Å². The van der Waals surface area contributed by atoms with Gasteiger partial charge in [-0.15, -0.1) is 0 Å². The molecule has 3 nitrogen and oxygen atoms in total. The third-order valence-electron chi connectivity index (χ3n) is 3.53. The Balaban J connectivity index is 2.74. The first-order chi connectivity index (χ1) is 10.1. The fraction of sp³-hybridized carbons (Fsp3) is 0.667. The molecule has 0 bridgehead atoms. The zero-order valence-electron chi connectivity index (χ0n) is 14.4. The quantitative estimate of drug-likeness (QED) is 0.709. The van der Waals surface area contributed by atoms with Crippen LogP contribution in [0.5, 0.6) is 5.75 Å². The lowest BCUT2D eigenvalue weighted by molar-refractivity contribution is 0.241. The van der Waals surface area contributed by atoms with Gasteiger partial charge in [-0.25, -0.2) is 0 Å². The summed E-state index contributed by atoms with van der Waals surface area (Å²) in [6.45, 7) is 15.1. The molecule has 1 rings (SSSR count). The number of hydrogen-bond donors (Lipinski definition) is 1. The van der Waals surface area contributed by atoms with E-state index in [2.05, 4.69) is 69.1 Å². The maximum Gasteiger partial charge on any atom is 0.119 e. The van der Waals surface area contributed by atoms with E-state index in [-0.39, 0.29) is 6.10 Å². The third-order valence-corrected chi connectivity index (χ3v) is 3.53. The summed E-state index contributed by atoms with van der Waals surface area (Å²) < 4.78 is 5.72. The molecule has 1 unspecified atom stereocenters. The summed E-state index contributed by atoms with van der Waals surface area (Å²) in [7, 11) is 0. The number of nitrogens with one attached hydrogen (secondary N) is 1. The lowest BCUT2D eigenvalue weighted by Crippen LogP contribution is -2.35. The van der Waals surface area contributed by atoms with Crippen LogP contribution in [0.4, 0.5) is 0 Å². The Morgan fingerprint density at radius 2 is 1.76 bits per heavy atom. The molecule has 1 N–H and O–H groups in total. The monoisotopic (exact) mass is 292 g/mol. The van der Waals surface area contributed by atoms with Crippen LogP contribution in [-0.4, -0.2) is 37.2 Å². The minimum Gasteiger partial charge on any atom is -0.491 e. The SMILES string of the molecule is CCCN(CC)CC(NCC)c1ccc(OC(C)C)cc1. The van der Waals surface area contributed by atoms with Crippen molar-refractivity contribution in [3.63, 3.8) is 0 Å². The molecular formula is C18H32N2O. The molecule has 0 aromatic heterocycles. The predicted molar refractivity (Wildman–Crippen MR) is 91.0 cm³/mol. The Bertz CT molecular complexity index is 375. The van der Waals surface area contributed by atoms with Crippen molar-refractivity contribution in [1.82, 2.24) is 10.2 Å². The van der Waals surface area contributed by atoms with Gasteiger partial charge in [0, 0.05) is 12.6 Å². The van der Waals surface area contributed by atoms with Gasteiger partial charge in [-0.1, -0.05) is 32.9 Å². The molecule has 1 atom stereocenters. The van der Waals surface area contributed by atoms with Crippen molar-refractivity contribution in [1.29, 1.82) is 0 Å².